The van der Waals surface area contributed by atoms with Crippen LogP contribution in [0.5, 0.6) is 0 Å². The lowest BCUT2D eigenvalue weighted by atomic mass is 9.84. The molecule has 84 valence electrons. The van der Waals surface area contributed by atoms with E-state index in [-0.39, 0.29) is 6.04 Å². The Balaban J connectivity index is 2.03. The number of carbonyl (C=O) groups excluding carboxylic acids is 1. The summed E-state index contributed by atoms with van der Waals surface area (Å²) in [5.74, 6) is 0.346. The van der Waals surface area contributed by atoms with Crippen LogP contribution in [0.4, 0.5) is 0 Å². The summed E-state index contributed by atoms with van der Waals surface area (Å²) in [6.45, 7) is 2.16. The Hall–Kier alpha value is -1.31. The average molecular weight is 215 g/mol. The lowest BCUT2D eigenvalue weighted by Gasteiger charge is -2.44. The number of fused-ring (bicyclic) bond motifs is 2. The maximum Gasteiger partial charge on any atom is 0.223 e. The van der Waals surface area contributed by atoms with E-state index >= 15 is 0 Å². The van der Waals surface area contributed by atoms with Crippen LogP contribution >= 0.6 is 0 Å². The van der Waals surface area contributed by atoms with E-state index < -0.39 is 0 Å². The zero-order valence-corrected chi connectivity index (χ0v) is 9.65. The summed E-state index contributed by atoms with van der Waals surface area (Å²) in [4.78, 5) is 14.1. The van der Waals surface area contributed by atoms with Gasteiger partial charge in [0.2, 0.25) is 5.91 Å². The van der Waals surface area contributed by atoms with Crippen LogP contribution in [-0.4, -0.2) is 16.8 Å². The number of nitrogens with zero attached hydrogens (tertiary/aromatic N) is 1. The van der Waals surface area contributed by atoms with Crippen LogP contribution < -0.4 is 0 Å². The summed E-state index contributed by atoms with van der Waals surface area (Å²) in [5.41, 5.74) is 2.78. The van der Waals surface area contributed by atoms with Gasteiger partial charge in [-0.2, -0.15) is 0 Å². The van der Waals surface area contributed by atoms with Crippen molar-refractivity contribution in [1.29, 1.82) is 0 Å². The first-order valence-electron chi connectivity index (χ1n) is 6.16. The van der Waals surface area contributed by atoms with Crippen molar-refractivity contribution in [3.05, 3.63) is 35.4 Å². The highest BCUT2D eigenvalue weighted by molar-refractivity contribution is 5.78. The lowest BCUT2D eigenvalue weighted by molar-refractivity contribution is -0.139. The quantitative estimate of drug-likeness (QED) is 0.651. The monoisotopic (exact) mass is 215 g/mol. The van der Waals surface area contributed by atoms with Gasteiger partial charge in [-0.25, -0.2) is 0 Å². The SMILES string of the molecule is C[C@@H]1c2ccccc2C[C@H]2CCCC(=O)N21. The number of amides is 1. The topological polar surface area (TPSA) is 20.3 Å². The first-order valence-corrected chi connectivity index (χ1v) is 6.16. The standard InChI is InChI=1S/C14H17NO/c1-10-13-7-3-2-5-11(13)9-12-6-4-8-14(16)15(10)12/h2-3,5,7,10,12H,4,6,8-9H2,1H3/t10-,12-/m1/s1. The third kappa shape index (κ3) is 1.36. The van der Waals surface area contributed by atoms with Gasteiger partial charge in [-0.05, 0) is 37.3 Å². The fraction of sp³-hybridized carbons (Fsp3) is 0.500. The predicted molar refractivity (Wildman–Crippen MR) is 63.0 cm³/mol. The molecule has 0 bridgehead atoms. The molecule has 0 radical (unpaired) electrons. The Kier molecular flexibility index (Phi) is 2.23. The highest BCUT2D eigenvalue weighted by Gasteiger charge is 2.36. The largest absolute Gasteiger partial charge is 0.333 e. The van der Waals surface area contributed by atoms with Crippen molar-refractivity contribution in [3.8, 4) is 0 Å². The van der Waals surface area contributed by atoms with E-state index in [1.807, 2.05) is 0 Å². The van der Waals surface area contributed by atoms with Crippen LogP contribution in [0.3, 0.4) is 0 Å². The molecule has 3 rings (SSSR count). The molecule has 1 aromatic carbocycles. The molecule has 2 aliphatic rings. The molecule has 2 nitrogen and oxygen atoms in total. The molecule has 0 N–H and O–H groups in total. The molecule has 2 atom stereocenters. The Morgan fingerprint density at radius 3 is 3.00 bits per heavy atom. The fourth-order valence-corrected chi connectivity index (χ4v) is 3.22. The van der Waals surface area contributed by atoms with Crippen molar-refractivity contribution in [1.82, 2.24) is 4.90 Å². The molecule has 1 aromatic rings. The van der Waals surface area contributed by atoms with Gasteiger partial charge in [-0.1, -0.05) is 24.3 Å². The molecule has 0 saturated carbocycles. The minimum atomic E-state index is 0.266. The molecule has 2 heterocycles. The summed E-state index contributed by atoms with van der Waals surface area (Å²) >= 11 is 0. The van der Waals surface area contributed by atoms with E-state index in [2.05, 4.69) is 36.1 Å². The first kappa shape index (κ1) is 9.88. The van der Waals surface area contributed by atoms with E-state index in [9.17, 15) is 4.79 Å². The number of rotatable bonds is 0. The Morgan fingerprint density at radius 2 is 2.12 bits per heavy atom. The van der Waals surface area contributed by atoms with Crippen LogP contribution in [0.15, 0.2) is 24.3 Å². The summed E-state index contributed by atoms with van der Waals surface area (Å²) < 4.78 is 0. The highest BCUT2D eigenvalue weighted by Crippen LogP contribution is 2.37. The zero-order chi connectivity index (χ0) is 11.1. The molecule has 2 heteroatoms. The van der Waals surface area contributed by atoms with Crippen LogP contribution in [0.25, 0.3) is 0 Å². The van der Waals surface area contributed by atoms with Crippen molar-refractivity contribution in [3.63, 3.8) is 0 Å². The lowest BCUT2D eigenvalue weighted by Crippen LogP contribution is -2.48. The van der Waals surface area contributed by atoms with Crippen molar-refractivity contribution < 1.29 is 4.79 Å². The Labute approximate surface area is 96.3 Å². The summed E-state index contributed by atoms with van der Waals surface area (Å²) in [5, 5.41) is 0. The molecular formula is C14H17NO. The van der Waals surface area contributed by atoms with Gasteiger partial charge < -0.3 is 4.90 Å². The van der Waals surface area contributed by atoms with E-state index in [1.165, 1.54) is 17.5 Å². The van der Waals surface area contributed by atoms with Gasteiger partial charge >= 0.3 is 0 Å². The minimum absolute atomic E-state index is 0.266. The van der Waals surface area contributed by atoms with Crippen molar-refractivity contribution >= 4 is 5.91 Å². The second kappa shape index (κ2) is 3.62. The normalized spacial score (nSPS) is 28.6. The summed E-state index contributed by atoms with van der Waals surface area (Å²) in [7, 11) is 0. The number of hydrogen-bond acceptors (Lipinski definition) is 1. The second-order valence-electron chi connectivity index (χ2n) is 4.93. The number of benzene rings is 1. The maximum absolute atomic E-state index is 12.0. The number of carbonyl (C=O) groups is 1. The molecule has 0 spiro atoms. The van der Waals surface area contributed by atoms with E-state index in [0.29, 0.717) is 11.9 Å². The third-order valence-corrected chi connectivity index (χ3v) is 3.99. The van der Waals surface area contributed by atoms with Gasteiger partial charge in [0.1, 0.15) is 0 Å². The smallest absolute Gasteiger partial charge is 0.223 e. The van der Waals surface area contributed by atoms with Gasteiger partial charge in [-0.3, -0.25) is 4.79 Å². The minimum Gasteiger partial charge on any atom is -0.333 e. The first-order chi connectivity index (χ1) is 7.77. The van der Waals surface area contributed by atoms with Crippen LogP contribution in [-0.2, 0) is 11.2 Å². The Morgan fingerprint density at radius 1 is 1.31 bits per heavy atom. The molecule has 1 fully saturated rings. The van der Waals surface area contributed by atoms with Crippen LogP contribution in [0.1, 0.15) is 43.4 Å². The molecule has 2 aliphatic heterocycles. The fourth-order valence-electron chi connectivity index (χ4n) is 3.22. The van der Waals surface area contributed by atoms with Crippen molar-refractivity contribution in [2.75, 3.05) is 0 Å². The van der Waals surface area contributed by atoms with Crippen LogP contribution in [0.2, 0.25) is 0 Å². The molecule has 0 aromatic heterocycles. The predicted octanol–water partition coefficient (Wildman–Crippen LogP) is 2.68. The summed E-state index contributed by atoms with van der Waals surface area (Å²) in [6, 6.07) is 9.27. The van der Waals surface area contributed by atoms with E-state index in [1.54, 1.807) is 0 Å². The number of piperidine rings is 1. The van der Waals surface area contributed by atoms with Gasteiger partial charge in [0, 0.05) is 12.5 Å². The van der Waals surface area contributed by atoms with Gasteiger partial charge in [-0.15, -0.1) is 0 Å². The van der Waals surface area contributed by atoms with Crippen molar-refractivity contribution in [2.24, 2.45) is 0 Å². The average Bonchev–Trinajstić information content (AvgIpc) is 2.29. The van der Waals surface area contributed by atoms with Crippen molar-refractivity contribution in [2.45, 2.75) is 44.7 Å². The molecule has 16 heavy (non-hydrogen) atoms. The van der Waals surface area contributed by atoms with E-state index in [0.717, 1.165) is 19.3 Å². The van der Waals surface area contributed by atoms with Gasteiger partial charge in [0.05, 0.1) is 6.04 Å². The highest BCUT2D eigenvalue weighted by atomic mass is 16.2. The Bertz CT molecular complexity index is 426. The number of hydrogen-bond donors (Lipinski definition) is 0. The molecule has 0 aliphatic carbocycles. The summed E-state index contributed by atoms with van der Waals surface area (Å²) in [6.07, 6.45) is 4.02. The second-order valence-corrected chi connectivity index (χ2v) is 4.93. The molecular weight excluding hydrogens is 198 g/mol. The van der Waals surface area contributed by atoms with E-state index in [4.69, 9.17) is 0 Å². The maximum atomic E-state index is 12.0. The molecule has 0 unspecified atom stereocenters. The van der Waals surface area contributed by atoms with Gasteiger partial charge in [0.15, 0.2) is 0 Å². The van der Waals surface area contributed by atoms with Gasteiger partial charge in [0.25, 0.3) is 0 Å². The zero-order valence-electron chi connectivity index (χ0n) is 9.65. The molecule has 1 saturated heterocycles. The third-order valence-electron chi connectivity index (χ3n) is 3.99. The van der Waals surface area contributed by atoms with Crippen LogP contribution in [0, 0.1) is 0 Å². The molecule has 1 amide bonds.